The molecule has 1 aromatic carbocycles. The molecule has 1 fully saturated rings. The largest absolute Gasteiger partial charge is 0.458 e. The fourth-order valence-corrected chi connectivity index (χ4v) is 2.70. The number of hydrogen-bond donors (Lipinski definition) is 1. The Kier molecular flexibility index (Phi) is 3.73. The lowest BCUT2D eigenvalue weighted by Gasteiger charge is -2.31. The number of nitrogens with one attached hydrogen (secondary N) is 1. The maximum atomic E-state index is 6.00. The molecule has 0 spiro atoms. The van der Waals surface area contributed by atoms with Crippen LogP contribution in [0.1, 0.15) is 18.3 Å². The SMILES string of the molecule is CN1CCCN[C@@H]1c1ccc(-c2ccc(Br)cc2)o1. The van der Waals surface area contributed by atoms with Crippen molar-refractivity contribution in [1.29, 1.82) is 0 Å². The zero-order chi connectivity index (χ0) is 13.2. The Labute approximate surface area is 121 Å². The van der Waals surface area contributed by atoms with Gasteiger partial charge in [0.1, 0.15) is 17.7 Å². The van der Waals surface area contributed by atoms with Gasteiger partial charge in [-0.25, -0.2) is 0 Å². The molecule has 1 saturated heterocycles. The molecule has 1 aliphatic heterocycles. The van der Waals surface area contributed by atoms with Crippen LogP contribution >= 0.6 is 15.9 Å². The number of benzene rings is 1. The average molecular weight is 321 g/mol. The predicted octanol–water partition coefficient (Wildman–Crippen LogP) is 3.63. The minimum atomic E-state index is 0.193. The van der Waals surface area contributed by atoms with Gasteiger partial charge >= 0.3 is 0 Å². The van der Waals surface area contributed by atoms with Gasteiger partial charge in [-0.15, -0.1) is 0 Å². The number of rotatable bonds is 2. The third-order valence-electron chi connectivity index (χ3n) is 3.49. The molecule has 2 aromatic rings. The highest BCUT2D eigenvalue weighted by molar-refractivity contribution is 9.10. The summed E-state index contributed by atoms with van der Waals surface area (Å²) < 4.78 is 7.08. The van der Waals surface area contributed by atoms with E-state index in [4.69, 9.17) is 4.42 Å². The van der Waals surface area contributed by atoms with E-state index in [-0.39, 0.29) is 6.17 Å². The van der Waals surface area contributed by atoms with Crippen molar-refractivity contribution in [2.75, 3.05) is 20.1 Å². The maximum absolute atomic E-state index is 6.00. The molecular weight excluding hydrogens is 304 g/mol. The Hall–Kier alpha value is -1.10. The standard InChI is InChI=1S/C15H17BrN2O/c1-18-10-2-9-17-15(18)14-8-7-13(19-14)11-3-5-12(16)6-4-11/h3-8,15,17H,2,9-10H2,1H3/t15-/m0/s1. The van der Waals surface area contributed by atoms with Gasteiger partial charge in [-0.2, -0.15) is 0 Å². The molecule has 0 aliphatic carbocycles. The average Bonchev–Trinajstić information content (AvgIpc) is 2.89. The topological polar surface area (TPSA) is 28.4 Å². The summed E-state index contributed by atoms with van der Waals surface area (Å²) in [6.07, 6.45) is 1.38. The van der Waals surface area contributed by atoms with Crippen LogP contribution in [0.2, 0.25) is 0 Å². The zero-order valence-corrected chi connectivity index (χ0v) is 12.5. The molecule has 0 amide bonds. The summed E-state index contributed by atoms with van der Waals surface area (Å²) in [6.45, 7) is 2.15. The number of furan rings is 1. The van der Waals surface area contributed by atoms with Gasteiger partial charge in [-0.3, -0.25) is 10.2 Å². The first-order valence-corrected chi connectivity index (χ1v) is 7.32. The molecule has 1 atom stereocenters. The first-order valence-electron chi connectivity index (χ1n) is 6.53. The smallest absolute Gasteiger partial charge is 0.136 e. The second-order valence-electron chi connectivity index (χ2n) is 4.90. The third-order valence-corrected chi connectivity index (χ3v) is 4.02. The molecule has 4 heteroatoms. The van der Waals surface area contributed by atoms with E-state index in [0.717, 1.165) is 34.6 Å². The fourth-order valence-electron chi connectivity index (χ4n) is 2.44. The first-order chi connectivity index (χ1) is 9.24. The zero-order valence-electron chi connectivity index (χ0n) is 10.9. The fraction of sp³-hybridized carbons (Fsp3) is 0.333. The van der Waals surface area contributed by atoms with Gasteiger partial charge in [0.2, 0.25) is 0 Å². The van der Waals surface area contributed by atoms with Gasteiger partial charge in [-0.1, -0.05) is 28.1 Å². The molecular formula is C15H17BrN2O. The first kappa shape index (κ1) is 12.9. The van der Waals surface area contributed by atoms with E-state index < -0.39 is 0 Å². The molecule has 0 unspecified atom stereocenters. The van der Waals surface area contributed by atoms with Crippen molar-refractivity contribution < 1.29 is 4.42 Å². The molecule has 0 bridgehead atoms. The third kappa shape index (κ3) is 2.76. The highest BCUT2D eigenvalue weighted by Gasteiger charge is 2.23. The molecule has 100 valence electrons. The molecule has 0 saturated carbocycles. The van der Waals surface area contributed by atoms with Crippen LogP contribution < -0.4 is 5.32 Å². The number of hydrogen-bond acceptors (Lipinski definition) is 3. The number of halogens is 1. The Morgan fingerprint density at radius 2 is 2.00 bits per heavy atom. The van der Waals surface area contributed by atoms with Gasteiger partial charge in [0, 0.05) is 16.6 Å². The second-order valence-corrected chi connectivity index (χ2v) is 5.82. The van der Waals surface area contributed by atoms with Crippen molar-refractivity contribution >= 4 is 15.9 Å². The van der Waals surface area contributed by atoms with Gasteiger partial charge in [0.15, 0.2) is 0 Å². The summed E-state index contributed by atoms with van der Waals surface area (Å²) in [6, 6.07) is 12.3. The Bertz CT molecular complexity index is 550. The van der Waals surface area contributed by atoms with Gasteiger partial charge < -0.3 is 4.42 Å². The highest BCUT2D eigenvalue weighted by Crippen LogP contribution is 2.28. The monoisotopic (exact) mass is 320 g/mol. The molecule has 0 radical (unpaired) electrons. The van der Waals surface area contributed by atoms with Crippen molar-refractivity contribution in [3.05, 3.63) is 46.6 Å². The summed E-state index contributed by atoms with van der Waals surface area (Å²) in [5, 5.41) is 3.48. The summed E-state index contributed by atoms with van der Waals surface area (Å²) >= 11 is 3.45. The van der Waals surface area contributed by atoms with Crippen LogP contribution in [0.4, 0.5) is 0 Å². The minimum Gasteiger partial charge on any atom is -0.458 e. The lowest BCUT2D eigenvalue weighted by atomic mass is 10.2. The van der Waals surface area contributed by atoms with Gasteiger partial charge in [-0.05, 0) is 44.3 Å². The molecule has 3 rings (SSSR count). The summed E-state index contributed by atoms with van der Waals surface area (Å²) in [7, 11) is 2.12. The van der Waals surface area contributed by atoms with Crippen LogP contribution in [0.3, 0.4) is 0 Å². The quantitative estimate of drug-likeness (QED) is 0.915. The van der Waals surface area contributed by atoms with E-state index >= 15 is 0 Å². The van der Waals surface area contributed by atoms with Gasteiger partial charge in [0.05, 0.1) is 0 Å². The van der Waals surface area contributed by atoms with Crippen molar-refractivity contribution in [2.24, 2.45) is 0 Å². The van der Waals surface area contributed by atoms with E-state index in [0.29, 0.717) is 0 Å². The lowest BCUT2D eigenvalue weighted by Crippen LogP contribution is -2.42. The summed E-state index contributed by atoms with van der Waals surface area (Å²) in [4.78, 5) is 2.29. The van der Waals surface area contributed by atoms with Crippen LogP contribution in [0.25, 0.3) is 11.3 Å². The van der Waals surface area contributed by atoms with Crippen LogP contribution in [0.15, 0.2) is 45.3 Å². The maximum Gasteiger partial charge on any atom is 0.136 e. The molecule has 19 heavy (non-hydrogen) atoms. The lowest BCUT2D eigenvalue weighted by molar-refractivity contribution is 0.145. The van der Waals surface area contributed by atoms with Crippen molar-refractivity contribution in [1.82, 2.24) is 10.2 Å². The summed E-state index contributed by atoms with van der Waals surface area (Å²) in [5.41, 5.74) is 1.10. The minimum absolute atomic E-state index is 0.193. The molecule has 3 nitrogen and oxygen atoms in total. The Morgan fingerprint density at radius 3 is 2.74 bits per heavy atom. The molecule has 1 N–H and O–H groups in total. The van der Waals surface area contributed by atoms with E-state index in [9.17, 15) is 0 Å². The normalized spacial score (nSPS) is 20.6. The van der Waals surface area contributed by atoms with Crippen LogP contribution in [-0.2, 0) is 0 Å². The van der Waals surface area contributed by atoms with E-state index in [1.165, 1.54) is 6.42 Å². The Balaban J connectivity index is 1.84. The Morgan fingerprint density at radius 1 is 1.21 bits per heavy atom. The van der Waals surface area contributed by atoms with E-state index in [2.05, 4.69) is 51.4 Å². The summed E-state index contributed by atoms with van der Waals surface area (Å²) in [5.74, 6) is 1.91. The second kappa shape index (κ2) is 5.49. The predicted molar refractivity (Wildman–Crippen MR) is 79.8 cm³/mol. The van der Waals surface area contributed by atoms with Crippen molar-refractivity contribution in [3.8, 4) is 11.3 Å². The van der Waals surface area contributed by atoms with Crippen LogP contribution in [-0.4, -0.2) is 25.0 Å². The highest BCUT2D eigenvalue weighted by atomic mass is 79.9. The van der Waals surface area contributed by atoms with Crippen molar-refractivity contribution in [2.45, 2.75) is 12.6 Å². The van der Waals surface area contributed by atoms with Crippen LogP contribution in [0.5, 0.6) is 0 Å². The molecule has 1 aliphatic rings. The van der Waals surface area contributed by atoms with E-state index in [1.54, 1.807) is 0 Å². The molecule has 2 heterocycles. The molecule has 1 aromatic heterocycles. The number of nitrogens with zero attached hydrogens (tertiary/aromatic N) is 1. The van der Waals surface area contributed by atoms with Gasteiger partial charge in [0.25, 0.3) is 0 Å². The van der Waals surface area contributed by atoms with Crippen LogP contribution in [0, 0.1) is 0 Å². The van der Waals surface area contributed by atoms with Crippen molar-refractivity contribution in [3.63, 3.8) is 0 Å². The van der Waals surface area contributed by atoms with E-state index in [1.807, 2.05) is 18.2 Å².